The molecular weight excluding hydrogens is 270 g/mol. The Bertz CT molecular complexity index is 347. The van der Waals surface area contributed by atoms with E-state index in [2.05, 4.69) is 9.47 Å². The van der Waals surface area contributed by atoms with Crippen LogP contribution in [0.15, 0.2) is 0 Å². The highest BCUT2D eigenvalue weighted by molar-refractivity contribution is 8.01. The Morgan fingerprint density at radius 1 is 1.16 bits per heavy atom. The first-order valence-electron chi connectivity index (χ1n) is 6.00. The maximum Gasteiger partial charge on any atom is 0.325 e. The normalized spacial score (nSPS) is 21.8. The maximum absolute atomic E-state index is 12.5. The third kappa shape index (κ3) is 4.12. The summed E-state index contributed by atoms with van der Waals surface area (Å²) in [5.74, 6) is -0.412. The van der Waals surface area contributed by atoms with Crippen molar-refractivity contribution in [2.45, 2.75) is 24.5 Å². The van der Waals surface area contributed by atoms with E-state index in [1.165, 1.54) is 19.1 Å². The zero-order chi connectivity index (χ0) is 14.5. The number of hydrogen-bond acceptors (Lipinski definition) is 6. The predicted octanol–water partition coefficient (Wildman–Crippen LogP) is 0.447. The van der Waals surface area contributed by atoms with Crippen molar-refractivity contribution in [1.29, 1.82) is 0 Å². The van der Waals surface area contributed by atoms with Gasteiger partial charge in [-0.2, -0.15) is 0 Å². The fourth-order valence-corrected chi connectivity index (χ4v) is 3.20. The Morgan fingerprint density at radius 3 is 2.05 bits per heavy atom. The summed E-state index contributed by atoms with van der Waals surface area (Å²) in [5.41, 5.74) is 0. The summed E-state index contributed by atoms with van der Waals surface area (Å²) < 4.78 is 8.53. The number of hydrogen-bond donors (Lipinski definition) is 0. The van der Waals surface area contributed by atoms with Crippen molar-refractivity contribution in [2.24, 2.45) is 0 Å². The summed E-state index contributed by atoms with van der Waals surface area (Å²) in [7, 11) is 2.49. The van der Waals surface area contributed by atoms with Crippen LogP contribution in [0.3, 0.4) is 0 Å². The molecule has 1 amide bonds. The summed E-state index contributed by atoms with van der Waals surface area (Å²) in [5, 5.41) is 0. The Morgan fingerprint density at radius 2 is 1.68 bits per heavy atom. The molecule has 0 spiro atoms. The zero-order valence-electron chi connectivity index (χ0n) is 11.4. The Kier molecular flexibility index (Phi) is 5.65. The molecule has 0 bridgehead atoms. The molecule has 0 N–H and O–H groups in total. The number of rotatable bonds is 5. The predicted molar refractivity (Wildman–Crippen MR) is 70.7 cm³/mol. The van der Waals surface area contributed by atoms with Gasteiger partial charge in [0.25, 0.3) is 0 Å². The molecule has 1 atom stereocenters. The van der Waals surface area contributed by atoms with Gasteiger partial charge in [0.05, 0.1) is 19.0 Å². The second-order valence-corrected chi connectivity index (χ2v) is 6.09. The van der Waals surface area contributed by atoms with Crippen molar-refractivity contribution in [1.82, 2.24) is 4.90 Å². The van der Waals surface area contributed by atoms with E-state index in [9.17, 15) is 14.4 Å². The minimum Gasteiger partial charge on any atom is -0.468 e. The minimum absolute atomic E-state index is 0.217. The van der Waals surface area contributed by atoms with Crippen LogP contribution < -0.4 is 0 Å². The van der Waals surface area contributed by atoms with Gasteiger partial charge in [-0.1, -0.05) is 0 Å². The second kappa shape index (κ2) is 6.79. The molecule has 0 saturated carbocycles. The smallest absolute Gasteiger partial charge is 0.325 e. The Hall–Kier alpha value is -1.24. The molecule has 0 aromatic heterocycles. The quantitative estimate of drug-likeness (QED) is 0.684. The van der Waals surface area contributed by atoms with E-state index in [0.29, 0.717) is 0 Å². The lowest BCUT2D eigenvalue weighted by molar-refractivity contribution is -0.152. The van der Waals surface area contributed by atoms with Crippen LogP contribution in [0.5, 0.6) is 0 Å². The highest BCUT2D eigenvalue weighted by atomic mass is 32.2. The van der Waals surface area contributed by atoms with Crippen molar-refractivity contribution in [2.75, 3.05) is 33.1 Å². The zero-order valence-corrected chi connectivity index (χ0v) is 12.2. The molecule has 1 heterocycles. The molecule has 0 aromatic carbocycles. The van der Waals surface area contributed by atoms with Gasteiger partial charge in [-0.15, -0.1) is 11.8 Å². The number of carbonyl (C=O) groups excluding carboxylic acids is 3. The standard InChI is InChI=1S/C12H19NO5S/c1-12(5-4-6-19-12)11(16)13(7-9(14)17-2)8-10(15)18-3/h4-8H2,1-3H3. The van der Waals surface area contributed by atoms with E-state index in [4.69, 9.17) is 0 Å². The molecule has 1 unspecified atom stereocenters. The number of ether oxygens (including phenoxy) is 2. The van der Waals surface area contributed by atoms with Gasteiger partial charge in [-0.3, -0.25) is 14.4 Å². The largest absolute Gasteiger partial charge is 0.468 e. The number of carbonyl (C=O) groups is 3. The summed E-state index contributed by atoms with van der Waals surface area (Å²) >= 11 is 1.56. The number of thioether (sulfide) groups is 1. The highest BCUT2D eigenvalue weighted by Gasteiger charge is 2.41. The summed E-state index contributed by atoms with van der Waals surface area (Å²) in [6.07, 6.45) is 1.70. The van der Waals surface area contributed by atoms with Crippen molar-refractivity contribution < 1.29 is 23.9 Å². The van der Waals surface area contributed by atoms with Crippen LogP contribution in [0.1, 0.15) is 19.8 Å². The number of methoxy groups -OCH3 is 2. The first-order chi connectivity index (χ1) is 8.92. The first-order valence-corrected chi connectivity index (χ1v) is 6.98. The summed E-state index contributed by atoms with van der Waals surface area (Å²) in [4.78, 5) is 36.3. The van der Waals surface area contributed by atoms with Crippen molar-refractivity contribution in [3.05, 3.63) is 0 Å². The fraction of sp³-hybridized carbons (Fsp3) is 0.750. The third-order valence-electron chi connectivity index (χ3n) is 3.05. The number of esters is 2. The van der Waals surface area contributed by atoms with Crippen LogP contribution in [0.2, 0.25) is 0 Å². The lowest BCUT2D eigenvalue weighted by Crippen LogP contribution is -2.48. The molecule has 0 radical (unpaired) electrons. The average molecular weight is 289 g/mol. The topological polar surface area (TPSA) is 72.9 Å². The van der Waals surface area contributed by atoms with E-state index in [1.54, 1.807) is 11.8 Å². The molecule has 7 heteroatoms. The van der Waals surface area contributed by atoms with Crippen LogP contribution in [0.4, 0.5) is 0 Å². The van der Waals surface area contributed by atoms with Crippen LogP contribution in [0, 0.1) is 0 Å². The molecule has 6 nitrogen and oxygen atoms in total. The van der Waals surface area contributed by atoms with Gasteiger partial charge >= 0.3 is 11.9 Å². The Labute approximate surface area is 116 Å². The fourth-order valence-electron chi connectivity index (χ4n) is 1.92. The lowest BCUT2D eigenvalue weighted by atomic mass is 10.0. The van der Waals surface area contributed by atoms with Gasteiger partial charge in [0.1, 0.15) is 13.1 Å². The van der Waals surface area contributed by atoms with Gasteiger partial charge in [0.2, 0.25) is 5.91 Å². The molecule has 0 aromatic rings. The van der Waals surface area contributed by atoms with E-state index < -0.39 is 16.7 Å². The number of nitrogens with zero attached hydrogens (tertiary/aromatic N) is 1. The van der Waals surface area contributed by atoms with Crippen molar-refractivity contribution in [3.8, 4) is 0 Å². The molecule has 1 aliphatic heterocycles. The van der Waals surface area contributed by atoms with E-state index >= 15 is 0 Å². The second-order valence-electron chi connectivity index (χ2n) is 4.50. The highest BCUT2D eigenvalue weighted by Crippen LogP contribution is 2.39. The summed E-state index contributed by atoms with van der Waals surface area (Å²) in [6.45, 7) is 1.37. The van der Waals surface area contributed by atoms with Gasteiger partial charge in [-0.25, -0.2) is 0 Å². The SMILES string of the molecule is COC(=O)CN(CC(=O)OC)C(=O)C1(C)CCCS1. The molecule has 1 fully saturated rings. The number of amides is 1. The minimum atomic E-state index is -0.567. The maximum atomic E-state index is 12.5. The van der Waals surface area contributed by atoms with E-state index in [-0.39, 0.29) is 19.0 Å². The molecule has 1 saturated heterocycles. The summed E-state index contributed by atoms with van der Waals surface area (Å²) in [6, 6.07) is 0. The molecule has 1 rings (SSSR count). The lowest BCUT2D eigenvalue weighted by Gasteiger charge is -2.29. The third-order valence-corrected chi connectivity index (χ3v) is 4.56. The van der Waals surface area contributed by atoms with Crippen LogP contribution >= 0.6 is 11.8 Å². The first kappa shape index (κ1) is 15.8. The van der Waals surface area contributed by atoms with Crippen molar-refractivity contribution in [3.63, 3.8) is 0 Å². The van der Waals surface area contributed by atoms with Gasteiger partial charge in [-0.05, 0) is 25.5 Å². The molecule has 1 aliphatic rings. The van der Waals surface area contributed by atoms with E-state index in [0.717, 1.165) is 18.6 Å². The van der Waals surface area contributed by atoms with Crippen LogP contribution in [0.25, 0.3) is 0 Å². The molecule has 19 heavy (non-hydrogen) atoms. The van der Waals surface area contributed by atoms with Crippen LogP contribution in [-0.2, 0) is 23.9 Å². The van der Waals surface area contributed by atoms with Gasteiger partial charge in [0.15, 0.2) is 0 Å². The van der Waals surface area contributed by atoms with Crippen molar-refractivity contribution >= 4 is 29.6 Å². The monoisotopic (exact) mass is 289 g/mol. The van der Waals surface area contributed by atoms with Gasteiger partial charge < -0.3 is 14.4 Å². The van der Waals surface area contributed by atoms with Gasteiger partial charge in [0, 0.05) is 0 Å². The van der Waals surface area contributed by atoms with Crippen LogP contribution in [-0.4, -0.2) is 60.6 Å². The Balaban J connectivity index is 2.79. The van der Waals surface area contributed by atoms with E-state index in [1.807, 2.05) is 6.92 Å². The molecule has 108 valence electrons. The average Bonchev–Trinajstić information content (AvgIpc) is 2.84. The molecule has 0 aliphatic carbocycles. The molecular formula is C12H19NO5S.